The first kappa shape index (κ1) is 29.8. The van der Waals surface area contributed by atoms with Crippen molar-refractivity contribution in [3.8, 4) is 61.8 Å². The van der Waals surface area contributed by atoms with E-state index in [4.69, 9.17) is 21.6 Å². The molecule has 2 aromatic heterocycles. The Kier molecular flexibility index (Phi) is 7.53. The summed E-state index contributed by atoms with van der Waals surface area (Å²) < 4.78 is 2.33. The minimum Gasteiger partial charge on any atom is -0.309 e. The lowest BCUT2D eigenvalue weighted by Gasteiger charge is -2.12. The fourth-order valence-corrected chi connectivity index (χ4v) is 7.07. The summed E-state index contributed by atoms with van der Waals surface area (Å²) in [5.74, 6) is 0.668. The van der Waals surface area contributed by atoms with E-state index in [1.807, 2.05) is 48.5 Å². The molecule has 7 aromatic carbocycles. The van der Waals surface area contributed by atoms with E-state index < -0.39 is 0 Å². The Morgan fingerprint density at radius 1 is 0.360 bits per heavy atom. The summed E-state index contributed by atoms with van der Waals surface area (Å²) in [6, 6.07) is 63.2. The van der Waals surface area contributed by atoms with E-state index in [1.54, 1.807) is 0 Å². The summed E-state index contributed by atoms with van der Waals surface area (Å²) in [7, 11) is 0. The average Bonchev–Trinajstić information content (AvgIpc) is 3.52. The van der Waals surface area contributed by atoms with E-state index >= 15 is 0 Å². The molecule has 3 nitrogen and oxygen atoms in total. The van der Waals surface area contributed by atoms with Gasteiger partial charge in [-0.25, -0.2) is 9.97 Å². The molecule has 0 spiro atoms. The number of rotatable bonds is 6. The predicted molar refractivity (Wildman–Crippen MR) is 209 cm³/mol. The zero-order valence-corrected chi connectivity index (χ0v) is 27.8. The normalized spacial score (nSPS) is 11.3. The molecule has 0 unspecified atom stereocenters. The van der Waals surface area contributed by atoms with Crippen molar-refractivity contribution in [1.29, 1.82) is 0 Å². The van der Waals surface area contributed by atoms with Gasteiger partial charge in [-0.15, -0.1) is 0 Å². The molecule has 0 saturated heterocycles. The highest BCUT2D eigenvalue weighted by Gasteiger charge is 2.16. The molecule has 0 atom stereocenters. The van der Waals surface area contributed by atoms with Crippen LogP contribution < -0.4 is 0 Å². The van der Waals surface area contributed by atoms with Crippen LogP contribution in [0.4, 0.5) is 0 Å². The number of nitrogens with zero attached hydrogens (tertiary/aromatic N) is 3. The van der Waals surface area contributed by atoms with Crippen LogP contribution in [-0.2, 0) is 0 Å². The zero-order chi connectivity index (χ0) is 33.4. The molecule has 50 heavy (non-hydrogen) atoms. The van der Waals surface area contributed by atoms with Gasteiger partial charge < -0.3 is 4.57 Å². The van der Waals surface area contributed by atoms with Crippen molar-refractivity contribution in [2.24, 2.45) is 0 Å². The van der Waals surface area contributed by atoms with Gasteiger partial charge in [-0.1, -0.05) is 139 Å². The minimum atomic E-state index is 0.651. The van der Waals surface area contributed by atoms with E-state index in [2.05, 4.69) is 138 Å². The SMILES string of the molecule is Clc1cc(-c2ccc3c(c2)c2ccccc2n3-c2ccccc2)cc(-c2cc(-c3ccc(-c4ccccc4)cc3)nc(-c3ccccc3)n2)c1. The summed E-state index contributed by atoms with van der Waals surface area (Å²) >= 11 is 6.89. The molecule has 0 radical (unpaired) electrons. The van der Waals surface area contributed by atoms with Crippen molar-refractivity contribution < 1.29 is 0 Å². The van der Waals surface area contributed by atoms with Crippen LogP contribution in [0.5, 0.6) is 0 Å². The molecule has 0 aliphatic heterocycles. The van der Waals surface area contributed by atoms with Crippen LogP contribution in [0.2, 0.25) is 5.02 Å². The molecule has 0 aliphatic carbocycles. The number of hydrogen-bond acceptors (Lipinski definition) is 2. The van der Waals surface area contributed by atoms with Crippen LogP contribution in [0.25, 0.3) is 83.6 Å². The molecular weight excluding hydrogens is 630 g/mol. The standard InChI is InChI=1S/C46H30ClN3/c47-38-27-36(35-24-25-45-41(29-35)40-18-10-11-19-44(40)50(45)39-16-8-3-9-17-39)26-37(28-38)43-30-42(48-46(49-43)34-14-6-2-7-15-34)33-22-20-32(21-23-33)31-12-4-1-5-13-31/h1-30H. The van der Waals surface area contributed by atoms with E-state index in [-0.39, 0.29) is 0 Å². The fraction of sp³-hybridized carbons (Fsp3) is 0. The highest BCUT2D eigenvalue weighted by molar-refractivity contribution is 6.31. The third kappa shape index (κ3) is 5.54. The number of hydrogen-bond donors (Lipinski definition) is 0. The predicted octanol–water partition coefficient (Wildman–Crippen LogP) is 12.6. The summed E-state index contributed by atoms with van der Waals surface area (Å²) in [5.41, 5.74) is 12.5. The second kappa shape index (κ2) is 12.6. The van der Waals surface area contributed by atoms with Crippen LogP contribution >= 0.6 is 11.6 Å². The quantitative estimate of drug-likeness (QED) is 0.178. The van der Waals surface area contributed by atoms with Crippen molar-refractivity contribution in [3.63, 3.8) is 0 Å². The second-order valence-electron chi connectivity index (χ2n) is 12.4. The minimum absolute atomic E-state index is 0.651. The molecule has 9 aromatic rings. The van der Waals surface area contributed by atoms with Crippen molar-refractivity contribution in [2.45, 2.75) is 0 Å². The van der Waals surface area contributed by atoms with Crippen molar-refractivity contribution in [1.82, 2.24) is 14.5 Å². The Bertz CT molecular complexity index is 2630. The van der Waals surface area contributed by atoms with Gasteiger partial charge in [0.1, 0.15) is 0 Å². The molecule has 0 aliphatic rings. The van der Waals surface area contributed by atoms with Crippen molar-refractivity contribution in [3.05, 3.63) is 187 Å². The van der Waals surface area contributed by atoms with Crippen LogP contribution in [0, 0.1) is 0 Å². The van der Waals surface area contributed by atoms with E-state index in [0.717, 1.165) is 56.0 Å². The summed E-state index contributed by atoms with van der Waals surface area (Å²) in [6.45, 7) is 0. The van der Waals surface area contributed by atoms with Gasteiger partial charge >= 0.3 is 0 Å². The Labute approximate surface area is 295 Å². The molecule has 4 heteroatoms. The highest BCUT2D eigenvalue weighted by atomic mass is 35.5. The fourth-order valence-electron chi connectivity index (χ4n) is 6.84. The van der Waals surface area contributed by atoms with E-state index in [1.165, 1.54) is 21.9 Å². The smallest absolute Gasteiger partial charge is 0.160 e. The van der Waals surface area contributed by atoms with Gasteiger partial charge in [-0.05, 0) is 76.9 Å². The molecular formula is C46H30ClN3. The number of aromatic nitrogens is 3. The summed E-state index contributed by atoms with van der Waals surface area (Å²) in [4.78, 5) is 10.1. The largest absolute Gasteiger partial charge is 0.309 e. The molecule has 2 heterocycles. The highest BCUT2D eigenvalue weighted by Crippen LogP contribution is 2.37. The molecule has 0 amide bonds. The van der Waals surface area contributed by atoms with Gasteiger partial charge in [0.2, 0.25) is 0 Å². The van der Waals surface area contributed by atoms with Gasteiger partial charge in [0, 0.05) is 38.2 Å². The monoisotopic (exact) mass is 659 g/mol. The molecule has 0 saturated carbocycles. The number of halogens is 1. The van der Waals surface area contributed by atoms with Gasteiger partial charge in [0.25, 0.3) is 0 Å². The lowest BCUT2D eigenvalue weighted by Crippen LogP contribution is -1.96. The van der Waals surface area contributed by atoms with Gasteiger partial charge in [-0.2, -0.15) is 0 Å². The molecule has 0 N–H and O–H groups in total. The topological polar surface area (TPSA) is 30.7 Å². The first-order valence-corrected chi connectivity index (χ1v) is 17.1. The molecule has 0 fully saturated rings. The third-order valence-electron chi connectivity index (χ3n) is 9.26. The maximum atomic E-state index is 6.89. The number of para-hydroxylation sites is 2. The summed E-state index contributed by atoms with van der Waals surface area (Å²) in [5, 5.41) is 3.05. The van der Waals surface area contributed by atoms with Crippen molar-refractivity contribution >= 4 is 33.4 Å². The third-order valence-corrected chi connectivity index (χ3v) is 9.48. The van der Waals surface area contributed by atoms with E-state index in [9.17, 15) is 0 Å². The van der Waals surface area contributed by atoms with E-state index in [0.29, 0.717) is 10.8 Å². The Hall–Kier alpha value is -6.29. The first-order chi connectivity index (χ1) is 24.7. The van der Waals surface area contributed by atoms with Gasteiger partial charge in [-0.3, -0.25) is 0 Å². The maximum absolute atomic E-state index is 6.89. The van der Waals surface area contributed by atoms with Gasteiger partial charge in [0.15, 0.2) is 5.82 Å². The lowest BCUT2D eigenvalue weighted by atomic mass is 9.98. The van der Waals surface area contributed by atoms with Gasteiger partial charge in [0.05, 0.1) is 22.4 Å². The number of benzene rings is 7. The Morgan fingerprint density at radius 2 is 0.900 bits per heavy atom. The first-order valence-electron chi connectivity index (χ1n) is 16.7. The van der Waals surface area contributed by atoms with Crippen LogP contribution in [0.3, 0.4) is 0 Å². The average molecular weight is 660 g/mol. The molecule has 9 rings (SSSR count). The molecule has 236 valence electrons. The second-order valence-corrected chi connectivity index (χ2v) is 12.9. The Morgan fingerprint density at radius 3 is 1.64 bits per heavy atom. The van der Waals surface area contributed by atoms with Crippen LogP contribution in [-0.4, -0.2) is 14.5 Å². The zero-order valence-electron chi connectivity index (χ0n) is 27.0. The maximum Gasteiger partial charge on any atom is 0.160 e. The van der Waals surface area contributed by atoms with Crippen molar-refractivity contribution in [2.75, 3.05) is 0 Å². The lowest BCUT2D eigenvalue weighted by molar-refractivity contribution is 1.18. The number of fused-ring (bicyclic) bond motifs is 3. The molecule has 0 bridgehead atoms. The van der Waals surface area contributed by atoms with Crippen LogP contribution in [0.15, 0.2) is 182 Å². The van der Waals surface area contributed by atoms with Crippen LogP contribution in [0.1, 0.15) is 0 Å². The Balaban J connectivity index is 1.17. The summed E-state index contributed by atoms with van der Waals surface area (Å²) in [6.07, 6.45) is 0.